The summed E-state index contributed by atoms with van der Waals surface area (Å²) < 4.78 is 10.3. The van der Waals surface area contributed by atoms with E-state index in [4.69, 9.17) is 15.2 Å². The summed E-state index contributed by atoms with van der Waals surface area (Å²) in [5.41, 5.74) is 7.97. The Balaban J connectivity index is 2.24. The van der Waals surface area contributed by atoms with Crippen LogP contribution in [0.15, 0.2) is 23.1 Å². The van der Waals surface area contributed by atoms with E-state index >= 15 is 0 Å². The predicted molar refractivity (Wildman–Crippen MR) is 69.0 cm³/mol. The van der Waals surface area contributed by atoms with E-state index in [2.05, 4.69) is 0 Å². The average molecular weight is 241 g/mol. The molecular weight excluding hydrogens is 222 g/mol. The van der Waals surface area contributed by atoms with Gasteiger partial charge in [0.2, 0.25) is 0 Å². The van der Waals surface area contributed by atoms with Gasteiger partial charge in [0.25, 0.3) is 0 Å². The topological polar surface area (TPSA) is 44.5 Å². The van der Waals surface area contributed by atoms with Crippen LogP contribution in [0.5, 0.6) is 0 Å². The fourth-order valence-electron chi connectivity index (χ4n) is 1.23. The molecule has 0 heterocycles. The van der Waals surface area contributed by atoms with Crippen molar-refractivity contribution >= 4 is 17.4 Å². The molecule has 0 aliphatic carbocycles. The first kappa shape index (κ1) is 13.4. The first-order chi connectivity index (χ1) is 7.75. The number of hydrogen-bond acceptors (Lipinski definition) is 4. The molecule has 0 saturated heterocycles. The number of aryl methyl sites for hydroxylation is 1. The summed E-state index contributed by atoms with van der Waals surface area (Å²) in [7, 11) is 1.67. The van der Waals surface area contributed by atoms with Gasteiger partial charge in [-0.3, -0.25) is 0 Å². The number of ether oxygens (including phenoxy) is 2. The van der Waals surface area contributed by atoms with E-state index in [9.17, 15) is 0 Å². The Kier molecular flexibility index (Phi) is 6.30. The zero-order valence-corrected chi connectivity index (χ0v) is 10.7. The molecule has 1 aromatic carbocycles. The number of methoxy groups -OCH3 is 1. The van der Waals surface area contributed by atoms with Gasteiger partial charge < -0.3 is 15.2 Å². The number of nitrogens with two attached hydrogens (primary N) is 1. The van der Waals surface area contributed by atoms with Crippen molar-refractivity contribution in [1.29, 1.82) is 0 Å². The number of rotatable bonds is 7. The van der Waals surface area contributed by atoms with Crippen LogP contribution in [-0.4, -0.2) is 32.7 Å². The average Bonchev–Trinajstić information content (AvgIpc) is 2.29. The van der Waals surface area contributed by atoms with Gasteiger partial charge in [-0.2, -0.15) is 0 Å². The van der Waals surface area contributed by atoms with Gasteiger partial charge in [0, 0.05) is 23.4 Å². The highest BCUT2D eigenvalue weighted by Gasteiger charge is 2.01. The van der Waals surface area contributed by atoms with Crippen LogP contribution in [0, 0.1) is 6.92 Å². The molecule has 0 unspecified atom stereocenters. The Labute approximate surface area is 101 Å². The van der Waals surface area contributed by atoms with Crippen molar-refractivity contribution in [2.24, 2.45) is 0 Å². The van der Waals surface area contributed by atoms with Gasteiger partial charge in [0.05, 0.1) is 19.8 Å². The third kappa shape index (κ3) is 4.43. The minimum atomic E-state index is 0.650. The van der Waals surface area contributed by atoms with Crippen LogP contribution < -0.4 is 5.73 Å². The van der Waals surface area contributed by atoms with Crippen molar-refractivity contribution in [3.8, 4) is 0 Å². The molecule has 3 nitrogen and oxygen atoms in total. The van der Waals surface area contributed by atoms with Gasteiger partial charge in [-0.1, -0.05) is 12.1 Å². The highest BCUT2D eigenvalue weighted by Crippen LogP contribution is 2.26. The smallest absolute Gasteiger partial charge is 0.0700 e. The first-order valence-electron chi connectivity index (χ1n) is 5.30. The van der Waals surface area contributed by atoms with E-state index in [0.717, 1.165) is 28.5 Å². The fourth-order valence-corrected chi connectivity index (χ4v) is 2.15. The van der Waals surface area contributed by atoms with E-state index in [1.807, 2.05) is 25.1 Å². The Morgan fingerprint density at radius 2 is 2.06 bits per heavy atom. The number of thioether (sulfide) groups is 1. The minimum absolute atomic E-state index is 0.650. The molecule has 0 radical (unpaired) electrons. The molecule has 0 amide bonds. The minimum Gasteiger partial charge on any atom is -0.398 e. The van der Waals surface area contributed by atoms with Gasteiger partial charge >= 0.3 is 0 Å². The molecule has 4 heteroatoms. The molecular formula is C12H19NO2S. The summed E-state index contributed by atoms with van der Waals surface area (Å²) in [6, 6.07) is 6.09. The Morgan fingerprint density at radius 1 is 1.25 bits per heavy atom. The van der Waals surface area contributed by atoms with Crippen molar-refractivity contribution in [1.82, 2.24) is 0 Å². The largest absolute Gasteiger partial charge is 0.398 e. The lowest BCUT2D eigenvalue weighted by Gasteiger charge is -2.08. The predicted octanol–water partition coefficient (Wildman–Crippen LogP) is 2.33. The lowest BCUT2D eigenvalue weighted by atomic mass is 10.2. The van der Waals surface area contributed by atoms with Crippen molar-refractivity contribution in [3.05, 3.63) is 23.8 Å². The monoisotopic (exact) mass is 241 g/mol. The molecule has 2 N–H and O–H groups in total. The number of para-hydroxylation sites is 1. The van der Waals surface area contributed by atoms with Crippen LogP contribution in [0.2, 0.25) is 0 Å². The van der Waals surface area contributed by atoms with Gasteiger partial charge in [0.1, 0.15) is 0 Å². The standard InChI is InChI=1S/C12H19NO2S/c1-10-4-3-5-11(12(10)13)16-9-8-15-7-6-14-2/h3-5H,6-9,13H2,1-2H3. The second-order valence-corrected chi connectivity index (χ2v) is 4.58. The third-order valence-corrected chi connectivity index (χ3v) is 3.24. The van der Waals surface area contributed by atoms with Crippen molar-refractivity contribution in [2.75, 3.05) is 38.4 Å². The first-order valence-corrected chi connectivity index (χ1v) is 6.29. The molecule has 0 bridgehead atoms. The van der Waals surface area contributed by atoms with Crippen LogP contribution in [0.1, 0.15) is 5.56 Å². The number of hydrogen-bond donors (Lipinski definition) is 1. The molecule has 0 aliphatic heterocycles. The molecule has 16 heavy (non-hydrogen) atoms. The van der Waals surface area contributed by atoms with Crippen molar-refractivity contribution in [3.63, 3.8) is 0 Å². The quantitative estimate of drug-likeness (QED) is 0.452. The number of nitrogen functional groups attached to an aromatic ring is 1. The summed E-state index contributed by atoms with van der Waals surface area (Å²) >= 11 is 1.73. The molecule has 1 rings (SSSR count). The highest BCUT2D eigenvalue weighted by molar-refractivity contribution is 7.99. The molecule has 0 aromatic heterocycles. The zero-order chi connectivity index (χ0) is 11.8. The maximum Gasteiger partial charge on any atom is 0.0700 e. The second kappa shape index (κ2) is 7.54. The van der Waals surface area contributed by atoms with E-state index < -0.39 is 0 Å². The zero-order valence-electron chi connectivity index (χ0n) is 9.86. The SMILES string of the molecule is COCCOCCSc1cccc(C)c1N. The van der Waals surface area contributed by atoms with Crippen LogP contribution in [-0.2, 0) is 9.47 Å². The summed E-state index contributed by atoms with van der Waals surface area (Å²) in [5.74, 6) is 0.914. The highest BCUT2D eigenvalue weighted by atomic mass is 32.2. The third-order valence-electron chi connectivity index (χ3n) is 2.20. The lowest BCUT2D eigenvalue weighted by molar-refractivity contribution is 0.0790. The van der Waals surface area contributed by atoms with E-state index in [0.29, 0.717) is 13.2 Å². The normalized spacial score (nSPS) is 10.6. The van der Waals surface area contributed by atoms with Crippen molar-refractivity contribution in [2.45, 2.75) is 11.8 Å². The Bertz CT molecular complexity index is 318. The summed E-state index contributed by atoms with van der Waals surface area (Å²) in [6.45, 7) is 4.05. The number of anilines is 1. The maximum atomic E-state index is 5.96. The van der Waals surface area contributed by atoms with Gasteiger partial charge in [0.15, 0.2) is 0 Å². The van der Waals surface area contributed by atoms with Crippen molar-refractivity contribution < 1.29 is 9.47 Å². The molecule has 0 spiro atoms. The fraction of sp³-hybridized carbons (Fsp3) is 0.500. The van der Waals surface area contributed by atoms with E-state index in [1.165, 1.54) is 0 Å². The van der Waals surface area contributed by atoms with Gasteiger partial charge in [-0.15, -0.1) is 11.8 Å². The summed E-state index contributed by atoms with van der Waals surface area (Å²) in [5, 5.41) is 0. The van der Waals surface area contributed by atoms with Gasteiger partial charge in [-0.25, -0.2) is 0 Å². The molecule has 90 valence electrons. The van der Waals surface area contributed by atoms with E-state index in [1.54, 1.807) is 18.9 Å². The van der Waals surface area contributed by atoms with Crippen LogP contribution >= 0.6 is 11.8 Å². The van der Waals surface area contributed by atoms with Gasteiger partial charge in [-0.05, 0) is 18.6 Å². The molecule has 0 fully saturated rings. The number of benzene rings is 1. The maximum absolute atomic E-state index is 5.96. The molecule has 0 aliphatic rings. The molecule has 0 saturated carbocycles. The van der Waals surface area contributed by atoms with Crippen LogP contribution in [0.3, 0.4) is 0 Å². The lowest BCUT2D eigenvalue weighted by Crippen LogP contribution is -2.04. The Hall–Kier alpha value is -0.710. The summed E-state index contributed by atoms with van der Waals surface area (Å²) in [4.78, 5) is 1.13. The van der Waals surface area contributed by atoms with E-state index in [-0.39, 0.29) is 0 Å². The Morgan fingerprint density at radius 3 is 2.81 bits per heavy atom. The summed E-state index contributed by atoms with van der Waals surface area (Å²) in [6.07, 6.45) is 0. The van der Waals surface area contributed by atoms with Crippen LogP contribution in [0.25, 0.3) is 0 Å². The second-order valence-electron chi connectivity index (χ2n) is 3.44. The molecule has 1 aromatic rings. The molecule has 0 atom stereocenters. The van der Waals surface area contributed by atoms with Crippen LogP contribution in [0.4, 0.5) is 5.69 Å².